The van der Waals surface area contributed by atoms with Gasteiger partial charge in [-0.15, -0.1) is 0 Å². The van der Waals surface area contributed by atoms with E-state index in [9.17, 15) is 0 Å². The first-order valence-electron chi connectivity index (χ1n) is 11.7. The maximum atomic E-state index is 8.17. The highest BCUT2D eigenvalue weighted by atomic mass is 35.5. The van der Waals surface area contributed by atoms with E-state index in [4.69, 9.17) is 55.0 Å². The van der Waals surface area contributed by atoms with E-state index in [2.05, 4.69) is 24.7 Å². The van der Waals surface area contributed by atoms with Gasteiger partial charge in [-0.05, 0) is 31.0 Å². The number of halogens is 1. The molecule has 0 unspecified atom stereocenters. The van der Waals surface area contributed by atoms with Crippen LogP contribution < -0.4 is 5.32 Å². The Hall–Kier alpha value is -1.36. The minimum absolute atomic E-state index is 0.177. The van der Waals surface area contributed by atoms with Gasteiger partial charge in [-0.25, -0.2) is 0 Å². The predicted molar refractivity (Wildman–Crippen MR) is 127 cm³/mol. The zero-order valence-corrected chi connectivity index (χ0v) is 21.7. The van der Waals surface area contributed by atoms with Crippen LogP contribution in [0.15, 0.2) is 5.11 Å². The van der Waals surface area contributed by atoms with Crippen LogP contribution in [-0.4, -0.2) is 111 Å². The first kappa shape index (κ1) is 27.7. The lowest BCUT2D eigenvalue weighted by Crippen LogP contribution is -2.63. The number of fused-ring (bicyclic) bond motifs is 4. The fourth-order valence-electron chi connectivity index (χ4n) is 4.23. The minimum Gasteiger partial charge on any atom is -0.379 e. The lowest BCUT2D eigenvalue weighted by molar-refractivity contribution is -0.208. The molecule has 2 bridgehead atoms. The van der Waals surface area contributed by atoms with Crippen LogP contribution in [0.3, 0.4) is 0 Å². The monoisotopic (exact) mass is 550 g/mol. The number of aromatic nitrogens is 2. The molecule has 0 spiro atoms. The molecule has 0 aliphatic carbocycles. The molecule has 0 aromatic carbocycles. The lowest BCUT2D eigenvalue weighted by atomic mass is 9.88. The first-order chi connectivity index (χ1) is 17.4. The van der Waals surface area contributed by atoms with Gasteiger partial charge in [0.05, 0.1) is 59.5 Å². The number of anilines is 1. The highest BCUT2D eigenvalue weighted by Crippen LogP contribution is 2.47. The van der Waals surface area contributed by atoms with E-state index < -0.39 is 23.8 Å². The molecule has 14 nitrogen and oxygen atoms in total. The molecule has 3 fully saturated rings. The summed E-state index contributed by atoms with van der Waals surface area (Å²) in [5.41, 5.74) is 7.38. The molecule has 5 atom stereocenters. The summed E-state index contributed by atoms with van der Waals surface area (Å²) in [6.07, 6.45) is -1.31. The van der Waals surface area contributed by atoms with Crippen molar-refractivity contribution in [2.75, 3.05) is 71.3 Å². The van der Waals surface area contributed by atoms with Crippen molar-refractivity contribution in [2.24, 2.45) is 5.11 Å². The molecule has 36 heavy (non-hydrogen) atoms. The van der Waals surface area contributed by atoms with Gasteiger partial charge >= 0.3 is 0 Å². The minimum atomic E-state index is -0.790. The Morgan fingerprint density at radius 1 is 1.08 bits per heavy atom. The van der Waals surface area contributed by atoms with Crippen molar-refractivity contribution >= 4 is 28.3 Å². The molecule has 16 heteroatoms. The molecular weight excluding hydrogens is 520 g/mol. The summed E-state index contributed by atoms with van der Waals surface area (Å²) in [4.78, 5) is 6.81. The van der Waals surface area contributed by atoms with Crippen molar-refractivity contribution in [1.29, 1.82) is 0 Å². The highest BCUT2D eigenvalue weighted by Gasteiger charge is 2.66. The molecule has 1 aromatic heterocycles. The van der Waals surface area contributed by atoms with Gasteiger partial charge in [-0.1, -0.05) is 5.11 Å². The molecule has 202 valence electrons. The Kier molecular flexibility index (Phi) is 9.94. The average Bonchev–Trinajstić information content (AvgIpc) is 3.53. The topological polar surface area (TPSA) is 160 Å². The summed E-state index contributed by atoms with van der Waals surface area (Å²) in [6, 6.07) is -0.351. The van der Waals surface area contributed by atoms with Gasteiger partial charge in [-0.3, -0.25) is 0 Å². The molecule has 4 rings (SSSR count). The molecule has 3 aliphatic rings. The van der Waals surface area contributed by atoms with Crippen LogP contribution in [0.5, 0.6) is 0 Å². The number of hydrogen-bond acceptors (Lipinski definition) is 13. The van der Waals surface area contributed by atoms with Crippen LogP contribution in [0.4, 0.5) is 5.13 Å². The predicted octanol–water partition coefficient (Wildman–Crippen LogP) is 1.99. The van der Waals surface area contributed by atoms with E-state index in [1.807, 2.05) is 13.8 Å². The molecule has 3 aliphatic heterocycles. The molecule has 3 saturated heterocycles. The number of nitrogens with zero attached hydrogens (tertiary/aromatic N) is 5. The van der Waals surface area contributed by atoms with Gasteiger partial charge < -0.3 is 43.2 Å². The van der Waals surface area contributed by atoms with Crippen molar-refractivity contribution in [2.45, 2.75) is 49.8 Å². The summed E-state index contributed by atoms with van der Waals surface area (Å²) in [5, 5.41) is 7.40. The van der Waals surface area contributed by atoms with E-state index >= 15 is 0 Å². The smallest absolute Gasteiger partial charge is 0.236 e. The zero-order chi connectivity index (χ0) is 25.4. The summed E-state index contributed by atoms with van der Waals surface area (Å²) < 4.78 is 50.9. The number of azide groups is 1. The Labute approximate surface area is 217 Å². The lowest BCUT2D eigenvalue weighted by Gasteiger charge is -2.42. The van der Waals surface area contributed by atoms with Gasteiger partial charge in [0.15, 0.2) is 12.1 Å². The third kappa shape index (κ3) is 7.14. The van der Waals surface area contributed by atoms with Crippen molar-refractivity contribution in [3.05, 3.63) is 15.7 Å². The van der Waals surface area contributed by atoms with Gasteiger partial charge in [0, 0.05) is 23.0 Å². The molecule has 1 aromatic rings. The molecule has 1 N–H and O–H groups in total. The van der Waals surface area contributed by atoms with E-state index in [0.717, 1.165) is 11.5 Å². The van der Waals surface area contributed by atoms with E-state index in [1.165, 1.54) is 0 Å². The number of nitrogens with one attached hydrogen (secondary N) is 1. The molecule has 4 heterocycles. The summed E-state index contributed by atoms with van der Waals surface area (Å²) in [6.45, 7) is 7.58. The fourth-order valence-corrected chi connectivity index (χ4v) is 4.99. The van der Waals surface area contributed by atoms with Crippen molar-refractivity contribution in [3.8, 4) is 0 Å². The van der Waals surface area contributed by atoms with Crippen molar-refractivity contribution in [3.63, 3.8) is 0 Å². The average molecular weight is 551 g/mol. The van der Waals surface area contributed by atoms with Gasteiger partial charge in [0.2, 0.25) is 10.4 Å². The van der Waals surface area contributed by atoms with Crippen LogP contribution in [0, 0.1) is 0 Å². The van der Waals surface area contributed by atoms with Crippen LogP contribution in [0.1, 0.15) is 13.8 Å². The second-order valence-corrected chi connectivity index (χ2v) is 9.86. The van der Waals surface area contributed by atoms with Gasteiger partial charge in [0.25, 0.3) is 0 Å². The largest absolute Gasteiger partial charge is 0.379 e. The fraction of sp³-hybridized carbons (Fsp3) is 0.900. The summed E-state index contributed by atoms with van der Waals surface area (Å²) in [7, 11) is 0. The van der Waals surface area contributed by atoms with Crippen LogP contribution >= 0.6 is 23.1 Å². The van der Waals surface area contributed by atoms with Crippen molar-refractivity contribution in [1.82, 2.24) is 9.36 Å². The van der Waals surface area contributed by atoms with E-state index in [-0.39, 0.29) is 24.0 Å². The third-order valence-corrected chi connectivity index (χ3v) is 6.61. The number of ether oxygens (including phenoxy) is 8. The van der Waals surface area contributed by atoms with E-state index in [0.29, 0.717) is 64.5 Å². The SMILES string of the molecule is CC1(C)O[C@@H]2[C@@H](Nc3nc(Cl)ns3)[C@H]3OC[C@](COCCOCCOCCOCCN=[N+]=[N-])(O3)[C@@H]2O1. The first-order valence-corrected chi connectivity index (χ1v) is 12.8. The van der Waals surface area contributed by atoms with Crippen LogP contribution in [0.25, 0.3) is 10.4 Å². The number of hydrogen-bond donors (Lipinski definition) is 1. The Morgan fingerprint density at radius 2 is 1.78 bits per heavy atom. The van der Waals surface area contributed by atoms with Crippen LogP contribution in [0.2, 0.25) is 5.28 Å². The zero-order valence-electron chi connectivity index (χ0n) is 20.2. The maximum absolute atomic E-state index is 8.17. The normalized spacial score (nSPS) is 30.2. The highest BCUT2D eigenvalue weighted by molar-refractivity contribution is 7.09. The van der Waals surface area contributed by atoms with Crippen LogP contribution in [-0.2, 0) is 37.9 Å². The molecular formula is C20H31ClN6O8S. The Balaban J connectivity index is 1.16. The molecule has 0 saturated carbocycles. The van der Waals surface area contributed by atoms with Crippen molar-refractivity contribution < 1.29 is 37.9 Å². The Bertz CT molecular complexity index is 892. The second-order valence-electron chi connectivity index (χ2n) is 8.77. The Morgan fingerprint density at radius 3 is 2.44 bits per heavy atom. The summed E-state index contributed by atoms with van der Waals surface area (Å²) >= 11 is 7.02. The second kappa shape index (κ2) is 12.9. The molecule has 0 radical (unpaired) electrons. The third-order valence-electron chi connectivity index (χ3n) is 5.69. The van der Waals surface area contributed by atoms with Gasteiger partial charge in [-0.2, -0.15) is 9.36 Å². The molecule has 0 amide bonds. The number of rotatable bonds is 16. The quantitative estimate of drug-likeness (QED) is 0.139. The van der Waals surface area contributed by atoms with E-state index in [1.54, 1.807) is 0 Å². The maximum Gasteiger partial charge on any atom is 0.236 e. The van der Waals surface area contributed by atoms with Gasteiger partial charge in [0.1, 0.15) is 23.9 Å². The summed E-state index contributed by atoms with van der Waals surface area (Å²) in [5.74, 6) is -0.784. The standard InChI is InChI=1S/C20H31ClN6O8S/c1-19(2)33-14-13(24-18-25-17(21)26-36-18)16-32-12-20(35-16,15(14)34-19)11-31-10-9-30-8-7-29-6-5-28-4-3-23-27-22/h13-16H,3-12H2,1-2H3,(H,24,25,26)/t13-,14-,15-,16+,20+/m1/s1.